The van der Waals surface area contributed by atoms with Crippen LogP contribution in [-0.2, 0) is 11.3 Å². The Bertz CT molecular complexity index is 669. The van der Waals surface area contributed by atoms with Crippen molar-refractivity contribution in [2.45, 2.75) is 19.5 Å². The summed E-state index contributed by atoms with van der Waals surface area (Å²) in [7, 11) is 1.85. The van der Waals surface area contributed by atoms with Gasteiger partial charge in [0.15, 0.2) is 5.43 Å². The second-order valence-electron chi connectivity index (χ2n) is 4.82. The van der Waals surface area contributed by atoms with E-state index in [1.807, 2.05) is 32.2 Å². The molecule has 1 aromatic carbocycles. The van der Waals surface area contributed by atoms with Crippen LogP contribution in [0.15, 0.2) is 41.3 Å². The van der Waals surface area contributed by atoms with E-state index in [9.17, 15) is 9.59 Å². The molecule has 0 spiro atoms. The van der Waals surface area contributed by atoms with Gasteiger partial charge in [-0.25, -0.2) is 0 Å². The van der Waals surface area contributed by atoms with Gasteiger partial charge < -0.3 is 15.2 Å². The molecule has 0 radical (unpaired) electrons. The molecular formula is C15H20ClN3O2. The van der Waals surface area contributed by atoms with Crippen molar-refractivity contribution in [1.82, 2.24) is 15.2 Å². The first kappa shape index (κ1) is 17.2. The molecule has 1 atom stereocenters. The van der Waals surface area contributed by atoms with Crippen molar-refractivity contribution in [3.8, 4) is 0 Å². The first-order chi connectivity index (χ1) is 9.61. The molecule has 2 aromatic rings. The summed E-state index contributed by atoms with van der Waals surface area (Å²) in [5.41, 5.74) is 0.748. The standard InChI is InChI=1S/C15H19N3O2.ClH/c1-11(16-2)9-17-15(20)10-18-8-7-14(19)12-5-3-4-6-13(12)18;/h3-8,11,16H,9-10H2,1-2H3,(H,17,20);1H. The third-order valence-corrected chi connectivity index (χ3v) is 3.30. The van der Waals surface area contributed by atoms with Crippen LogP contribution in [0.4, 0.5) is 0 Å². The number of hydrogen-bond donors (Lipinski definition) is 2. The highest BCUT2D eigenvalue weighted by molar-refractivity contribution is 5.85. The molecule has 0 bridgehead atoms. The van der Waals surface area contributed by atoms with E-state index in [0.29, 0.717) is 11.9 Å². The van der Waals surface area contributed by atoms with Crippen LogP contribution in [0.3, 0.4) is 0 Å². The lowest BCUT2D eigenvalue weighted by Crippen LogP contribution is -2.38. The van der Waals surface area contributed by atoms with Crippen LogP contribution >= 0.6 is 12.4 Å². The summed E-state index contributed by atoms with van der Waals surface area (Å²) in [6.45, 7) is 2.78. The van der Waals surface area contributed by atoms with Gasteiger partial charge in [-0.3, -0.25) is 9.59 Å². The highest BCUT2D eigenvalue weighted by Crippen LogP contribution is 2.08. The van der Waals surface area contributed by atoms with Crippen molar-refractivity contribution in [1.29, 1.82) is 0 Å². The molecule has 2 N–H and O–H groups in total. The summed E-state index contributed by atoms with van der Waals surface area (Å²) in [5, 5.41) is 6.55. The maximum Gasteiger partial charge on any atom is 0.239 e. The van der Waals surface area contributed by atoms with Crippen molar-refractivity contribution in [2.75, 3.05) is 13.6 Å². The molecule has 1 unspecified atom stereocenters. The van der Waals surface area contributed by atoms with E-state index in [4.69, 9.17) is 0 Å². The van der Waals surface area contributed by atoms with Gasteiger partial charge in [0.25, 0.3) is 0 Å². The van der Waals surface area contributed by atoms with Crippen molar-refractivity contribution in [3.63, 3.8) is 0 Å². The van der Waals surface area contributed by atoms with Gasteiger partial charge in [0.2, 0.25) is 5.91 Å². The third kappa shape index (κ3) is 4.31. The summed E-state index contributed by atoms with van der Waals surface area (Å²) in [6.07, 6.45) is 1.66. The topological polar surface area (TPSA) is 63.1 Å². The van der Waals surface area contributed by atoms with Gasteiger partial charge in [0.05, 0.1) is 5.52 Å². The first-order valence-electron chi connectivity index (χ1n) is 6.64. The van der Waals surface area contributed by atoms with Gasteiger partial charge in [-0.2, -0.15) is 0 Å². The SMILES string of the molecule is CNC(C)CNC(=O)Cn1ccc(=O)c2ccccc21.Cl. The summed E-state index contributed by atoms with van der Waals surface area (Å²) in [5.74, 6) is -0.0686. The number of carbonyl (C=O) groups excluding carboxylic acids is 1. The van der Waals surface area contributed by atoms with Crippen LogP contribution in [0.25, 0.3) is 10.9 Å². The Morgan fingerprint density at radius 1 is 1.29 bits per heavy atom. The Labute approximate surface area is 129 Å². The van der Waals surface area contributed by atoms with Crippen LogP contribution in [0.5, 0.6) is 0 Å². The number of carbonyl (C=O) groups is 1. The van der Waals surface area contributed by atoms with Crippen LogP contribution < -0.4 is 16.1 Å². The lowest BCUT2D eigenvalue weighted by molar-refractivity contribution is -0.121. The Balaban J connectivity index is 0.00000220. The molecule has 1 heterocycles. The molecule has 0 aliphatic heterocycles. The summed E-state index contributed by atoms with van der Waals surface area (Å²) < 4.78 is 1.79. The molecule has 0 aliphatic rings. The van der Waals surface area contributed by atoms with Crippen molar-refractivity contribution in [2.24, 2.45) is 0 Å². The number of pyridine rings is 1. The van der Waals surface area contributed by atoms with Crippen LogP contribution in [0.2, 0.25) is 0 Å². The average Bonchev–Trinajstić information content (AvgIpc) is 2.48. The third-order valence-electron chi connectivity index (χ3n) is 3.30. The average molecular weight is 310 g/mol. The number of amides is 1. The fourth-order valence-corrected chi connectivity index (χ4v) is 1.98. The molecule has 1 aromatic heterocycles. The normalized spacial score (nSPS) is 11.7. The zero-order chi connectivity index (χ0) is 14.5. The van der Waals surface area contributed by atoms with Crippen LogP contribution in [0.1, 0.15) is 6.92 Å². The number of nitrogens with zero attached hydrogens (tertiary/aromatic N) is 1. The summed E-state index contributed by atoms with van der Waals surface area (Å²) >= 11 is 0. The largest absolute Gasteiger partial charge is 0.353 e. The van der Waals surface area contributed by atoms with Crippen molar-refractivity contribution >= 4 is 29.2 Å². The maximum absolute atomic E-state index is 11.9. The van der Waals surface area contributed by atoms with E-state index in [0.717, 1.165) is 5.52 Å². The van der Waals surface area contributed by atoms with E-state index >= 15 is 0 Å². The van der Waals surface area contributed by atoms with Crippen molar-refractivity contribution < 1.29 is 4.79 Å². The molecule has 114 valence electrons. The smallest absolute Gasteiger partial charge is 0.239 e. The van der Waals surface area contributed by atoms with E-state index < -0.39 is 0 Å². The monoisotopic (exact) mass is 309 g/mol. The number of likely N-dealkylation sites (N-methyl/N-ethyl adjacent to an activating group) is 1. The molecule has 0 saturated carbocycles. The Morgan fingerprint density at radius 2 is 2.00 bits per heavy atom. The molecule has 0 aliphatic carbocycles. The molecule has 6 heteroatoms. The van der Waals surface area contributed by atoms with E-state index in [1.165, 1.54) is 6.07 Å². The molecule has 1 amide bonds. The number of nitrogens with one attached hydrogen (secondary N) is 2. The van der Waals surface area contributed by atoms with Crippen molar-refractivity contribution in [3.05, 3.63) is 46.8 Å². The quantitative estimate of drug-likeness (QED) is 0.871. The molecule has 0 saturated heterocycles. The molecule has 0 fully saturated rings. The van der Waals surface area contributed by atoms with Gasteiger partial charge >= 0.3 is 0 Å². The number of aromatic nitrogens is 1. The second kappa shape index (κ2) is 7.81. The summed E-state index contributed by atoms with van der Waals surface area (Å²) in [6, 6.07) is 9.02. The van der Waals surface area contributed by atoms with E-state index in [2.05, 4.69) is 10.6 Å². The Hall–Kier alpha value is -1.85. The number of halogens is 1. The Kier molecular flexibility index (Phi) is 6.39. The number of para-hydroxylation sites is 1. The second-order valence-corrected chi connectivity index (χ2v) is 4.82. The minimum absolute atomic E-state index is 0. The van der Waals surface area contributed by atoms with E-state index in [1.54, 1.807) is 16.8 Å². The molecule has 2 rings (SSSR count). The lowest BCUT2D eigenvalue weighted by Gasteiger charge is -2.13. The lowest BCUT2D eigenvalue weighted by atomic mass is 10.2. The fourth-order valence-electron chi connectivity index (χ4n) is 1.98. The number of hydrogen-bond acceptors (Lipinski definition) is 3. The molecule has 5 nitrogen and oxygen atoms in total. The van der Waals surface area contributed by atoms with Gasteiger partial charge in [-0.05, 0) is 26.1 Å². The van der Waals surface area contributed by atoms with Gasteiger partial charge in [0.1, 0.15) is 6.54 Å². The Morgan fingerprint density at radius 3 is 2.71 bits per heavy atom. The minimum Gasteiger partial charge on any atom is -0.353 e. The summed E-state index contributed by atoms with van der Waals surface area (Å²) in [4.78, 5) is 23.7. The van der Waals surface area contributed by atoms with Gasteiger partial charge in [-0.1, -0.05) is 12.1 Å². The number of benzene rings is 1. The molecule has 21 heavy (non-hydrogen) atoms. The zero-order valence-electron chi connectivity index (χ0n) is 12.1. The number of rotatable bonds is 5. The highest BCUT2D eigenvalue weighted by atomic mass is 35.5. The highest BCUT2D eigenvalue weighted by Gasteiger charge is 2.07. The first-order valence-corrected chi connectivity index (χ1v) is 6.64. The van der Waals surface area contributed by atoms with Gasteiger partial charge in [0, 0.05) is 30.2 Å². The van der Waals surface area contributed by atoms with Crippen LogP contribution in [0, 0.1) is 0 Å². The maximum atomic E-state index is 11.9. The minimum atomic E-state index is -0.0686. The molecular weight excluding hydrogens is 290 g/mol. The fraction of sp³-hybridized carbons (Fsp3) is 0.333. The number of fused-ring (bicyclic) bond motifs is 1. The predicted molar refractivity (Wildman–Crippen MR) is 87.0 cm³/mol. The van der Waals surface area contributed by atoms with Gasteiger partial charge in [-0.15, -0.1) is 12.4 Å². The van der Waals surface area contributed by atoms with E-state index in [-0.39, 0.29) is 36.3 Å². The zero-order valence-corrected chi connectivity index (χ0v) is 12.9. The predicted octanol–water partition coefficient (Wildman–Crippen LogP) is 1.15. The van der Waals surface area contributed by atoms with Crippen LogP contribution in [-0.4, -0.2) is 30.1 Å².